The molecule has 2 rings (SSSR count). The Bertz CT molecular complexity index is 731. The first-order valence-corrected chi connectivity index (χ1v) is 8.94. The summed E-state index contributed by atoms with van der Waals surface area (Å²) in [5, 5.41) is 9.06. The molecule has 1 saturated carbocycles. The van der Waals surface area contributed by atoms with Crippen LogP contribution in [-0.2, 0) is 10.0 Å². The fourth-order valence-corrected chi connectivity index (χ4v) is 4.64. The third kappa shape index (κ3) is 3.89. The standard InChI is InChI=1S/C15H18F3NO4S/c1-9-10(14(20)21)5-4-8-13(9)24(22,23)19-12-7-3-2-6-11(12)15(16,17)18/h4-5,8,11-12,19H,2-3,6-7H2,1H3,(H,20,21). The van der Waals surface area contributed by atoms with Crippen molar-refractivity contribution in [2.24, 2.45) is 5.92 Å². The van der Waals surface area contributed by atoms with Crippen LogP contribution in [0, 0.1) is 12.8 Å². The summed E-state index contributed by atoms with van der Waals surface area (Å²) in [5.74, 6) is -3.03. The number of rotatable bonds is 4. The Morgan fingerprint density at radius 2 is 1.88 bits per heavy atom. The quantitative estimate of drug-likeness (QED) is 0.859. The second kappa shape index (κ2) is 6.72. The Hall–Kier alpha value is -1.61. The van der Waals surface area contributed by atoms with Gasteiger partial charge in [0.15, 0.2) is 0 Å². The summed E-state index contributed by atoms with van der Waals surface area (Å²) in [6.07, 6.45) is -3.60. The van der Waals surface area contributed by atoms with Gasteiger partial charge in [0.05, 0.1) is 16.4 Å². The van der Waals surface area contributed by atoms with Crippen molar-refractivity contribution in [1.82, 2.24) is 4.72 Å². The van der Waals surface area contributed by atoms with E-state index in [1.807, 2.05) is 0 Å². The number of carboxylic acids is 1. The van der Waals surface area contributed by atoms with Gasteiger partial charge in [0.25, 0.3) is 0 Å². The largest absolute Gasteiger partial charge is 0.478 e. The molecule has 0 aliphatic heterocycles. The van der Waals surface area contributed by atoms with E-state index >= 15 is 0 Å². The molecule has 0 saturated heterocycles. The van der Waals surface area contributed by atoms with E-state index in [0.717, 1.165) is 0 Å². The molecule has 0 amide bonds. The monoisotopic (exact) mass is 365 g/mol. The number of sulfonamides is 1. The van der Waals surface area contributed by atoms with Gasteiger partial charge in [-0.15, -0.1) is 0 Å². The van der Waals surface area contributed by atoms with Crippen LogP contribution in [0.5, 0.6) is 0 Å². The molecule has 2 N–H and O–H groups in total. The predicted octanol–water partition coefficient (Wildman–Crippen LogP) is 3.09. The molecule has 1 fully saturated rings. The van der Waals surface area contributed by atoms with Crippen LogP contribution in [0.25, 0.3) is 0 Å². The Morgan fingerprint density at radius 3 is 2.46 bits per heavy atom. The molecule has 0 bridgehead atoms. The summed E-state index contributed by atoms with van der Waals surface area (Å²) in [5.41, 5.74) is -0.203. The molecule has 2 unspecified atom stereocenters. The maximum absolute atomic E-state index is 13.1. The maximum atomic E-state index is 13.1. The highest BCUT2D eigenvalue weighted by atomic mass is 32.2. The zero-order chi connectivity index (χ0) is 18.1. The van der Waals surface area contributed by atoms with E-state index in [4.69, 9.17) is 5.11 Å². The third-order valence-corrected chi connectivity index (χ3v) is 5.93. The van der Waals surface area contributed by atoms with Gasteiger partial charge >= 0.3 is 12.1 Å². The lowest BCUT2D eigenvalue weighted by atomic mass is 9.85. The molecule has 5 nitrogen and oxygen atoms in total. The number of hydrogen-bond donors (Lipinski definition) is 2. The predicted molar refractivity (Wildman–Crippen MR) is 80.3 cm³/mol. The first-order valence-electron chi connectivity index (χ1n) is 7.46. The number of aromatic carboxylic acids is 1. The molecule has 134 valence electrons. The van der Waals surface area contributed by atoms with Crippen molar-refractivity contribution in [3.63, 3.8) is 0 Å². The molecule has 1 aromatic carbocycles. The summed E-state index contributed by atoms with van der Waals surface area (Å²) in [4.78, 5) is 10.8. The van der Waals surface area contributed by atoms with Crippen LogP contribution in [0.3, 0.4) is 0 Å². The third-order valence-electron chi connectivity index (χ3n) is 4.30. The van der Waals surface area contributed by atoms with E-state index in [2.05, 4.69) is 4.72 Å². The van der Waals surface area contributed by atoms with Crippen LogP contribution in [0.1, 0.15) is 41.6 Å². The number of carbonyl (C=O) groups is 1. The number of hydrogen-bond acceptors (Lipinski definition) is 3. The van der Waals surface area contributed by atoms with E-state index in [1.54, 1.807) is 0 Å². The first-order chi connectivity index (χ1) is 11.0. The van der Waals surface area contributed by atoms with E-state index in [0.29, 0.717) is 12.8 Å². The zero-order valence-electron chi connectivity index (χ0n) is 12.9. The highest BCUT2D eigenvalue weighted by Crippen LogP contribution is 2.38. The van der Waals surface area contributed by atoms with E-state index in [1.165, 1.54) is 25.1 Å². The summed E-state index contributed by atoms with van der Waals surface area (Å²) in [7, 11) is -4.25. The number of nitrogens with one attached hydrogen (secondary N) is 1. The molecule has 9 heteroatoms. The molecule has 1 aliphatic rings. The van der Waals surface area contributed by atoms with Crippen LogP contribution in [-0.4, -0.2) is 31.7 Å². The minimum atomic E-state index is -4.48. The summed E-state index contributed by atoms with van der Waals surface area (Å²) in [6.45, 7) is 1.32. The smallest absolute Gasteiger partial charge is 0.393 e. The average molecular weight is 365 g/mol. The normalized spacial score (nSPS) is 22.3. The lowest BCUT2D eigenvalue weighted by molar-refractivity contribution is -0.187. The van der Waals surface area contributed by atoms with E-state index in [-0.39, 0.29) is 28.9 Å². The minimum absolute atomic E-state index is 0.00290. The summed E-state index contributed by atoms with van der Waals surface area (Å²) >= 11 is 0. The SMILES string of the molecule is Cc1c(C(=O)O)cccc1S(=O)(=O)NC1CCCCC1C(F)(F)F. The van der Waals surface area contributed by atoms with E-state index < -0.39 is 34.1 Å². The molecule has 1 aliphatic carbocycles. The molecular weight excluding hydrogens is 347 g/mol. The van der Waals surface area contributed by atoms with Crippen LogP contribution in [0.2, 0.25) is 0 Å². The fraction of sp³-hybridized carbons (Fsp3) is 0.533. The van der Waals surface area contributed by atoms with Crippen LogP contribution >= 0.6 is 0 Å². The number of alkyl halides is 3. The first kappa shape index (κ1) is 18.7. The Labute approximate surface area is 137 Å². The minimum Gasteiger partial charge on any atom is -0.478 e. The van der Waals surface area contributed by atoms with Gasteiger partial charge in [-0.2, -0.15) is 13.2 Å². The number of carboxylic acid groups (broad SMARTS) is 1. The molecule has 0 spiro atoms. The zero-order valence-corrected chi connectivity index (χ0v) is 13.7. The van der Waals surface area contributed by atoms with Gasteiger partial charge in [-0.1, -0.05) is 18.9 Å². The fourth-order valence-electron chi connectivity index (χ4n) is 3.06. The van der Waals surface area contributed by atoms with Crippen molar-refractivity contribution in [2.45, 2.75) is 49.7 Å². The van der Waals surface area contributed by atoms with Crippen molar-refractivity contribution in [1.29, 1.82) is 0 Å². The van der Waals surface area contributed by atoms with Crippen LogP contribution in [0.15, 0.2) is 23.1 Å². The van der Waals surface area contributed by atoms with Crippen LogP contribution in [0.4, 0.5) is 13.2 Å². The molecular formula is C15H18F3NO4S. The van der Waals surface area contributed by atoms with Crippen molar-refractivity contribution >= 4 is 16.0 Å². The lowest BCUT2D eigenvalue weighted by Crippen LogP contribution is -2.47. The number of benzene rings is 1. The molecule has 1 aromatic rings. The van der Waals surface area contributed by atoms with Gasteiger partial charge in [0, 0.05) is 6.04 Å². The second-order valence-electron chi connectivity index (χ2n) is 5.89. The van der Waals surface area contributed by atoms with Crippen molar-refractivity contribution in [2.75, 3.05) is 0 Å². The van der Waals surface area contributed by atoms with E-state index in [9.17, 15) is 26.4 Å². The van der Waals surface area contributed by atoms with Crippen LogP contribution < -0.4 is 4.72 Å². The highest BCUT2D eigenvalue weighted by Gasteiger charge is 2.46. The van der Waals surface area contributed by atoms with Gasteiger partial charge < -0.3 is 5.11 Å². The number of halogens is 3. The van der Waals surface area contributed by atoms with Crippen molar-refractivity contribution in [3.8, 4) is 0 Å². The second-order valence-corrected chi connectivity index (χ2v) is 7.58. The van der Waals surface area contributed by atoms with Gasteiger partial charge in [-0.05, 0) is 37.5 Å². The summed E-state index contributed by atoms with van der Waals surface area (Å²) in [6, 6.07) is 2.45. The maximum Gasteiger partial charge on any atom is 0.393 e. The highest BCUT2D eigenvalue weighted by molar-refractivity contribution is 7.89. The Morgan fingerprint density at radius 1 is 1.25 bits per heavy atom. The summed E-state index contributed by atoms with van der Waals surface area (Å²) < 4.78 is 66.4. The molecule has 2 atom stereocenters. The lowest BCUT2D eigenvalue weighted by Gasteiger charge is -2.33. The molecule has 0 radical (unpaired) electrons. The molecule has 0 heterocycles. The topological polar surface area (TPSA) is 83.5 Å². The van der Waals surface area contributed by atoms with Gasteiger partial charge in [-0.25, -0.2) is 17.9 Å². The average Bonchev–Trinajstić information content (AvgIpc) is 2.45. The van der Waals surface area contributed by atoms with Gasteiger partial charge in [0.2, 0.25) is 10.0 Å². The van der Waals surface area contributed by atoms with Crippen molar-refractivity contribution in [3.05, 3.63) is 29.3 Å². The molecule has 24 heavy (non-hydrogen) atoms. The molecule has 0 aromatic heterocycles. The van der Waals surface area contributed by atoms with Gasteiger partial charge in [0.1, 0.15) is 0 Å². The Balaban J connectivity index is 2.34. The Kier molecular flexibility index (Phi) is 5.24. The van der Waals surface area contributed by atoms with Crippen molar-refractivity contribution < 1.29 is 31.5 Å². The van der Waals surface area contributed by atoms with Gasteiger partial charge in [-0.3, -0.25) is 0 Å².